The molecule has 0 saturated heterocycles. The molecule has 0 radical (unpaired) electrons. The van der Waals surface area contributed by atoms with Gasteiger partial charge in [0.25, 0.3) is 0 Å². The number of rotatable bonds is 2. The van der Waals surface area contributed by atoms with Gasteiger partial charge in [-0.25, -0.2) is 9.78 Å². The van der Waals surface area contributed by atoms with E-state index in [9.17, 15) is 4.79 Å². The van der Waals surface area contributed by atoms with Crippen molar-refractivity contribution >= 4 is 17.6 Å². The molecule has 1 atom stereocenters. The molecule has 2 aromatic rings. The second kappa shape index (κ2) is 4.14. The Kier molecular flexibility index (Phi) is 2.59. The van der Waals surface area contributed by atoms with Crippen LogP contribution in [0.2, 0.25) is 5.15 Å². The Labute approximate surface area is 109 Å². The minimum Gasteiger partial charge on any atom is -0.476 e. The predicted octanol–water partition coefficient (Wildman–Crippen LogP) is 2.57. The van der Waals surface area contributed by atoms with Crippen LogP contribution in [0.5, 0.6) is 0 Å². The lowest BCUT2D eigenvalue weighted by atomic mass is 9.98. The van der Waals surface area contributed by atoms with E-state index in [-0.39, 0.29) is 16.8 Å². The van der Waals surface area contributed by atoms with Gasteiger partial charge in [0.05, 0.1) is 0 Å². The van der Waals surface area contributed by atoms with Crippen molar-refractivity contribution in [1.29, 1.82) is 0 Å². The largest absolute Gasteiger partial charge is 0.476 e. The minimum atomic E-state index is -1.02. The van der Waals surface area contributed by atoms with E-state index in [4.69, 9.17) is 16.7 Å². The predicted molar refractivity (Wildman–Crippen MR) is 67.1 cm³/mol. The molecule has 1 aliphatic rings. The Morgan fingerprint density at radius 2 is 2.11 bits per heavy atom. The summed E-state index contributed by atoms with van der Waals surface area (Å²) in [5, 5.41) is 9.22. The smallest absolute Gasteiger partial charge is 0.355 e. The van der Waals surface area contributed by atoms with Crippen molar-refractivity contribution in [3.05, 3.63) is 52.6 Å². The molecule has 0 amide bonds. The van der Waals surface area contributed by atoms with Crippen LogP contribution < -0.4 is 0 Å². The van der Waals surface area contributed by atoms with E-state index in [2.05, 4.69) is 17.1 Å². The van der Waals surface area contributed by atoms with Crippen molar-refractivity contribution in [2.75, 3.05) is 0 Å². The van der Waals surface area contributed by atoms with Crippen LogP contribution in [0.1, 0.15) is 27.8 Å². The van der Waals surface area contributed by atoms with E-state index in [0.29, 0.717) is 6.54 Å². The van der Waals surface area contributed by atoms with E-state index in [1.807, 2.05) is 18.2 Å². The highest BCUT2D eigenvalue weighted by Crippen LogP contribution is 2.32. The van der Waals surface area contributed by atoms with E-state index in [0.717, 1.165) is 12.2 Å². The maximum atomic E-state index is 11.1. The lowest BCUT2D eigenvalue weighted by molar-refractivity contribution is 0.0685. The highest BCUT2D eigenvalue weighted by atomic mass is 35.5. The number of carbonyl (C=O) groups is 1. The number of nitrogens with zero attached hydrogens (tertiary/aromatic N) is 2. The summed E-state index contributed by atoms with van der Waals surface area (Å²) < 4.78 is 1.71. The topological polar surface area (TPSA) is 55.1 Å². The fraction of sp³-hybridized carbons (Fsp3) is 0.231. The second-order valence-corrected chi connectivity index (χ2v) is 4.75. The van der Waals surface area contributed by atoms with E-state index in [1.54, 1.807) is 4.57 Å². The second-order valence-electron chi connectivity index (χ2n) is 4.39. The summed E-state index contributed by atoms with van der Waals surface area (Å²) in [7, 11) is 0. The number of carboxylic acids is 1. The third-order valence-corrected chi connectivity index (χ3v) is 3.57. The molecule has 4 nitrogen and oxygen atoms in total. The molecular weight excluding hydrogens is 252 g/mol. The molecule has 92 valence electrons. The van der Waals surface area contributed by atoms with Gasteiger partial charge in [-0.05, 0) is 5.56 Å². The van der Waals surface area contributed by atoms with Crippen LogP contribution in [0.15, 0.2) is 30.3 Å². The summed E-state index contributed by atoms with van der Waals surface area (Å²) in [6, 6.07) is 10.1. The van der Waals surface area contributed by atoms with E-state index in [1.165, 1.54) is 5.56 Å². The number of carboxylic acid groups (broad SMARTS) is 1. The molecule has 3 rings (SSSR count). The van der Waals surface area contributed by atoms with Crippen LogP contribution in [-0.2, 0) is 13.0 Å². The first-order chi connectivity index (χ1) is 8.66. The number of benzene rings is 1. The standard InChI is InChI=1S/C13H11ClN2O2/c14-12-11(13(17)18)16-7-9(6-10(16)15-12)8-4-2-1-3-5-8/h1-5,9H,6-7H2,(H,17,18). The number of imidazole rings is 1. The average Bonchev–Trinajstić information content (AvgIpc) is 2.85. The molecule has 1 unspecified atom stereocenters. The lowest BCUT2D eigenvalue weighted by Gasteiger charge is -2.09. The van der Waals surface area contributed by atoms with Crippen molar-refractivity contribution in [1.82, 2.24) is 9.55 Å². The lowest BCUT2D eigenvalue weighted by Crippen LogP contribution is -2.09. The fourth-order valence-electron chi connectivity index (χ4n) is 2.48. The molecule has 5 heteroatoms. The van der Waals surface area contributed by atoms with Gasteiger partial charge >= 0.3 is 5.97 Å². The first-order valence-electron chi connectivity index (χ1n) is 5.70. The Morgan fingerprint density at radius 3 is 2.78 bits per heavy atom. The van der Waals surface area contributed by atoms with Crippen LogP contribution in [0.3, 0.4) is 0 Å². The van der Waals surface area contributed by atoms with Gasteiger partial charge in [0.1, 0.15) is 5.82 Å². The third kappa shape index (κ3) is 1.69. The molecule has 2 heterocycles. The maximum absolute atomic E-state index is 11.1. The van der Waals surface area contributed by atoms with Gasteiger partial charge in [-0.1, -0.05) is 41.9 Å². The molecule has 0 saturated carbocycles. The van der Waals surface area contributed by atoms with Crippen molar-refractivity contribution in [2.45, 2.75) is 18.9 Å². The first kappa shape index (κ1) is 11.3. The summed E-state index contributed by atoms with van der Waals surface area (Å²) in [5.41, 5.74) is 1.31. The number of fused-ring (bicyclic) bond motifs is 1. The normalized spacial score (nSPS) is 17.7. The summed E-state index contributed by atoms with van der Waals surface area (Å²) in [5.74, 6) is 0.0165. The Hall–Kier alpha value is -1.81. The summed E-state index contributed by atoms with van der Waals surface area (Å²) in [6.07, 6.45) is 0.733. The highest BCUT2D eigenvalue weighted by molar-refractivity contribution is 6.32. The van der Waals surface area contributed by atoms with Gasteiger partial charge < -0.3 is 9.67 Å². The van der Waals surface area contributed by atoms with Crippen LogP contribution >= 0.6 is 11.6 Å². The molecule has 1 aromatic heterocycles. The first-order valence-corrected chi connectivity index (χ1v) is 6.07. The van der Waals surface area contributed by atoms with Gasteiger partial charge in [-0.15, -0.1) is 0 Å². The summed E-state index contributed by atoms with van der Waals surface area (Å²) in [4.78, 5) is 15.3. The number of aromatic nitrogens is 2. The van der Waals surface area contributed by atoms with Crippen molar-refractivity contribution < 1.29 is 9.90 Å². The Morgan fingerprint density at radius 1 is 1.39 bits per heavy atom. The quantitative estimate of drug-likeness (QED) is 0.905. The molecule has 0 spiro atoms. The Bertz CT molecular complexity index is 607. The Balaban J connectivity index is 1.95. The summed E-state index contributed by atoms with van der Waals surface area (Å²) in [6.45, 7) is 0.626. The van der Waals surface area contributed by atoms with Crippen LogP contribution in [0, 0.1) is 0 Å². The SMILES string of the molecule is O=C(O)c1c(Cl)nc2n1CC(c1ccccc1)C2. The van der Waals surface area contributed by atoms with E-state index >= 15 is 0 Å². The van der Waals surface area contributed by atoms with Crippen LogP contribution in [0.4, 0.5) is 0 Å². The molecular formula is C13H11ClN2O2. The van der Waals surface area contributed by atoms with E-state index < -0.39 is 5.97 Å². The van der Waals surface area contributed by atoms with Gasteiger partial charge in [0.15, 0.2) is 10.8 Å². The molecule has 1 aliphatic heterocycles. The number of hydrogen-bond donors (Lipinski definition) is 1. The fourth-order valence-corrected chi connectivity index (χ4v) is 2.76. The number of aromatic carboxylic acids is 1. The van der Waals surface area contributed by atoms with Crippen molar-refractivity contribution in [3.8, 4) is 0 Å². The third-order valence-electron chi connectivity index (χ3n) is 3.31. The molecule has 1 aromatic carbocycles. The van der Waals surface area contributed by atoms with Crippen LogP contribution in [0.25, 0.3) is 0 Å². The van der Waals surface area contributed by atoms with Gasteiger partial charge in [-0.2, -0.15) is 0 Å². The number of hydrogen-bond acceptors (Lipinski definition) is 2. The molecule has 0 fully saturated rings. The monoisotopic (exact) mass is 262 g/mol. The average molecular weight is 263 g/mol. The number of halogens is 1. The molecule has 1 N–H and O–H groups in total. The zero-order valence-corrected chi connectivity index (χ0v) is 10.3. The van der Waals surface area contributed by atoms with Gasteiger partial charge in [0, 0.05) is 18.9 Å². The molecule has 0 aliphatic carbocycles. The zero-order chi connectivity index (χ0) is 12.7. The van der Waals surface area contributed by atoms with Crippen molar-refractivity contribution in [3.63, 3.8) is 0 Å². The maximum Gasteiger partial charge on any atom is 0.355 e. The van der Waals surface area contributed by atoms with Gasteiger partial charge in [-0.3, -0.25) is 0 Å². The summed E-state index contributed by atoms with van der Waals surface area (Å²) >= 11 is 5.84. The molecule has 18 heavy (non-hydrogen) atoms. The zero-order valence-electron chi connectivity index (χ0n) is 9.51. The van der Waals surface area contributed by atoms with Crippen LogP contribution in [-0.4, -0.2) is 20.6 Å². The minimum absolute atomic E-state index is 0.0870. The van der Waals surface area contributed by atoms with Crippen molar-refractivity contribution in [2.24, 2.45) is 0 Å². The molecule has 0 bridgehead atoms. The highest BCUT2D eigenvalue weighted by Gasteiger charge is 2.30. The van der Waals surface area contributed by atoms with Gasteiger partial charge in [0.2, 0.25) is 0 Å².